The number of hydrogen-bond acceptors (Lipinski definition) is 28. The summed E-state index contributed by atoms with van der Waals surface area (Å²) in [7, 11) is 0. The molecule has 0 aliphatic carbocycles. The Kier molecular flexibility index (Phi) is 72.6. The molecule has 2 heterocycles. The van der Waals surface area contributed by atoms with Gasteiger partial charge in [-0.3, -0.25) is 62.3 Å². The van der Waals surface area contributed by atoms with Gasteiger partial charge in [-0.05, 0) is 89.6 Å². The molecule has 1 aliphatic rings. The summed E-state index contributed by atoms with van der Waals surface area (Å²) in [5, 5.41) is 118. The molecule has 1 fully saturated rings. The lowest BCUT2D eigenvalue weighted by Crippen LogP contribution is -2.39. The Morgan fingerprint density at radius 3 is 1.11 bits per heavy atom. The van der Waals surface area contributed by atoms with Gasteiger partial charge in [0.15, 0.2) is 0 Å². The molecule has 1 aliphatic heterocycles. The minimum absolute atomic E-state index is 0.0208. The van der Waals surface area contributed by atoms with Crippen LogP contribution in [0.4, 0.5) is 0 Å². The number of imidazole rings is 1. The van der Waals surface area contributed by atoms with Gasteiger partial charge < -0.3 is 151 Å². The van der Waals surface area contributed by atoms with E-state index in [2.05, 4.69) is 15.3 Å². The van der Waals surface area contributed by atoms with E-state index in [1.54, 1.807) is 20.0 Å². The first-order valence-electron chi connectivity index (χ1n) is 29.1. The Balaban J connectivity index is -0.000000124. The van der Waals surface area contributed by atoms with Crippen LogP contribution < -0.4 is 74.1 Å². The molecular weight excluding hydrogens is 1290 g/mol. The number of nitrogens with one attached hydrogen (secondary N) is 2. The van der Waals surface area contributed by atoms with Crippen molar-refractivity contribution in [2.45, 2.75) is 205 Å². The molecule has 42 heteroatoms. The Morgan fingerprint density at radius 1 is 0.531 bits per heavy atom. The fourth-order valence-electron chi connectivity index (χ4n) is 4.75. The van der Waals surface area contributed by atoms with Crippen LogP contribution in [0, 0.1) is 17.8 Å². The van der Waals surface area contributed by atoms with Crippen molar-refractivity contribution < 1.29 is 134 Å². The van der Waals surface area contributed by atoms with E-state index in [1.165, 1.54) is 20.2 Å². The number of unbranched alkanes of at least 4 members (excludes halogenated alkanes) is 1. The predicted molar refractivity (Wildman–Crippen MR) is 343 cm³/mol. The van der Waals surface area contributed by atoms with Gasteiger partial charge in [0.2, 0.25) is 5.91 Å². The molecule has 42 nitrogen and oxygen atoms in total. The van der Waals surface area contributed by atoms with Crippen LogP contribution in [0.15, 0.2) is 12.5 Å². The Morgan fingerprint density at radius 2 is 0.927 bits per heavy atom. The van der Waals surface area contributed by atoms with E-state index in [1.807, 2.05) is 27.7 Å². The van der Waals surface area contributed by atoms with Gasteiger partial charge in [0.25, 0.3) is 0 Å². The van der Waals surface area contributed by atoms with Crippen molar-refractivity contribution in [2.24, 2.45) is 86.6 Å². The van der Waals surface area contributed by atoms with Crippen LogP contribution in [0.25, 0.3) is 0 Å². The smallest absolute Gasteiger partial charge is 0.323 e. The largest absolute Gasteiger partial charge is 0.481 e. The van der Waals surface area contributed by atoms with Gasteiger partial charge in [-0.25, -0.2) is 4.98 Å². The highest BCUT2D eigenvalue weighted by Crippen LogP contribution is 2.06. The molecule has 1 saturated heterocycles. The van der Waals surface area contributed by atoms with Crippen LogP contribution in [0.3, 0.4) is 0 Å². The zero-order valence-electron chi connectivity index (χ0n) is 55.4. The lowest BCUT2D eigenvalue weighted by Gasteiger charge is -2.11. The van der Waals surface area contributed by atoms with Crippen LogP contribution in [-0.2, 0) is 68.7 Å². The first-order chi connectivity index (χ1) is 43.8. The monoisotopic (exact) mass is 1400 g/mol. The minimum atomic E-state index is -1.18. The molecule has 1 aromatic heterocycles. The number of primary amides is 1. The van der Waals surface area contributed by atoms with Gasteiger partial charge in [0.05, 0.1) is 19.0 Å². The third kappa shape index (κ3) is 78.2. The topological polar surface area (TPSA) is 858 Å². The van der Waals surface area contributed by atoms with Crippen molar-refractivity contribution in [3.8, 4) is 0 Å². The molecule has 96 heavy (non-hydrogen) atoms. The Hall–Kier alpha value is -8.24. The lowest BCUT2D eigenvalue weighted by atomic mass is 10.0. The Bertz CT molecular complexity index is 2230. The molecule has 564 valence electrons. The van der Waals surface area contributed by atoms with Crippen LogP contribution in [0.2, 0.25) is 0 Å². The summed E-state index contributed by atoms with van der Waals surface area (Å²) in [5.74, 6) is -12.1. The number of aromatic amines is 1. The second kappa shape index (κ2) is 65.4. The molecule has 0 aromatic carbocycles. The fraction of sp³-hybridized carbons (Fsp3) is 0.704. The summed E-state index contributed by atoms with van der Waals surface area (Å²) in [6.45, 7) is 14.9. The van der Waals surface area contributed by atoms with Gasteiger partial charge in [-0.1, -0.05) is 54.4 Å². The average Bonchev–Trinajstić information content (AvgIpc) is 3.70. The second-order valence-corrected chi connectivity index (χ2v) is 21.1. The van der Waals surface area contributed by atoms with Crippen LogP contribution in [0.5, 0.6) is 0 Å². The van der Waals surface area contributed by atoms with E-state index in [0.29, 0.717) is 25.3 Å². The maximum absolute atomic E-state index is 10.3. The fourth-order valence-corrected chi connectivity index (χ4v) is 4.75. The van der Waals surface area contributed by atoms with Gasteiger partial charge in [-0.15, -0.1) is 0 Å². The average molecular weight is 1400 g/mol. The number of H-pyrrole nitrogens is 1. The number of aliphatic hydroxyl groups is 2. The van der Waals surface area contributed by atoms with E-state index in [9.17, 15) is 62.3 Å². The Labute approximate surface area is 554 Å². The third-order valence-corrected chi connectivity index (χ3v) is 11.3. The van der Waals surface area contributed by atoms with Gasteiger partial charge in [0, 0.05) is 31.2 Å². The first-order valence-corrected chi connectivity index (χ1v) is 29.1. The van der Waals surface area contributed by atoms with Crippen LogP contribution in [0.1, 0.15) is 132 Å². The van der Waals surface area contributed by atoms with E-state index in [0.717, 1.165) is 44.3 Å². The van der Waals surface area contributed by atoms with Crippen molar-refractivity contribution in [2.75, 3.05) is 19.7 Å². The number of nitrogens with two attached hydrogens (primary N) is 12. The summed E-state index contributed by atoms with van der Waals surface area (Å²) in [6.07, 6.45) is 7.57. The van der Waals surface area contributed by atoms with Gasteiger partial charge in [0.1, 0.15) is 66.5 Å². The zero-order chi connectivity index (χ0) is 77.9. The van der Waals surface area contributed by atoms with Gasteiger partial charge in [-0.2, -0.15) is 0 Å². The van der Waals surface area contributed by atoms with E-state index in [4.69, 9.17) is 140 Å². The molecule has 2 rings (SSSR count). The summed E-state index contributed by atoms with van der Waals surface area (Å²) in [4.78, 5) is 136. The quantitative estimate of drug-likeness (QED) is 0.0319. The normalized spacial score (nSPS) is 15.1. The summed E-state index contributed by atoms with van der Waals surface area (Å²) in [6, 6.07) is -8.99. The summed E-state index contributed by atoms with van der Waals surface area (Å²) in [5.41, 5.74) is 61.4. The number of aromatic nitrogens is 2. The molecule has 1 amide bonds. The molecule has 0 radical (unpaired) electrons. The molecule has 0 bridgehead atoms. The number of amides is 1. The van der Waals surface area contributed by atoms with Crippen molar-refractivity contribution in [1.82, 2.24) is 15.3 Å². The van der Waals surface area contributed by atoms with Crippen molar-refractivity contribution in [3.63, 3.8) is 0 Å². The zero-order valence-corrected chi connectivity index (χ0v) is 55.4. The molecule has 0 saturated carbocycles. The number of rotatable bonds is 30. The van der Waals surface area contributed by atoms with Crippen molar-refractivity contribution >= 4 is 77.5 Å². The summed E-state index contributed by atoms with van der Waals surface area (Å²) >= 11 is 0. The molecule has 13 atom stereocenters. The second-order valence-electron chi connectivity index (χ2n) is 21.1. The van der Waals surface area contributed by atoms with Crippen molar-refractivity contribution in [1.29, 1.82) is 0 Å². The number of carboxylic acids is 12. The number of aliphatic hydroxyl groups excluding tert-OH is 2. The van der Waals surface area contributed by atoms with Crippen LogP contribution >= 0.6 is 0 Å². The van der Waals surface area contributed by atoms with Gasteiger partial charge >= 0.3 is 71.6 Å². The molecule has 40 N–H and O–H groups in total. The number of carbonyl (C=O) groups excluding carboxylic acids is 1. The standard InChI is InChI=1S/C6H9N3O2.C6H14N2O2.2C6H13NO2.C5H10N2O3.C5H9NO4.C5H9NO2.C5H11NO2.C4H9NO3.C3H7NO3.C3H7NO2/c7-5(6(10)11)1-4-2-8-3-9-4;7-4-2-1-3-5(8)6(9)10;1-4(2)3-5(7)6(8)9;1-3-4(2)5(7)6(8)9;2*6-3(5(9)10)1-2-4(7)8;7-5(8)4-2-1-3-6-4;1-3(2)4(6)5(7)8;1-2(6)3(5)4(7)8;4-2(1-5)3(6)7;1-2(4)3(5)6/h2-3,5H,1,7H2,(H,8,9)(H,10,11);5H,1-4,7-8H2,(H,9,10);2*4-5H,3,7H2,1-2H3,(H,8,9);3H,1-2,6H2,(H2,7,8)(H,9,10);3H,1-2,6H2,(H,7,8)(H,9,10);4,6H,1-3H2,(H,7,8);3-4H,6H2,1-2H3,(H,7,8);2-3,6H,5H2,1H3,(H,7,8);2,5H,1,4H2,(H,6,7);2H,4H2,1H3,(H,5,6)/t3*5-;4-,5-;2*3-;2*4-;2-,3+;2*2-/m00000000100/s1. The number of carboxylic acid groups (broad SMARTS) is 12. The highest BCUT2D eigenvalue weighted by molar-refractivity contribution is 5.78. The van der Waals surface area contributed by atoms with Crippen LogP contribution in [-0.4, -0.2) is 251 Å². The highest BCUT2D eigenvalue weighted by Gasteiger charge is 2.21. The number of aliphatic carboxylic acids is 12. The van der Waals surface area contributed by atoms with Crippen molar-refractivity contribution in [3.05, 3.63) is 18.2 Å². The SMILES string of the molecule is CC(C)C[C@H](N)C(=O)O.CC(C)[C@H](N)C(=O)O.CC[C@H](C)[C@H](N)C(=O)O.C[C@@H](O)[C@H](N)C(=O)O.C[C@H](N)C(=O)O.NC(=O)CC[C@H](N)C(=O)O.NCCCC[C@H](N)C(=O)O.N[C@@H](CCC(=O)O)C(=O)O.N[C@@H](CO)C(=O)O.N[C@@H](Cc1cnc[nH]1)C(=O)O.O=C(O)[C@@H]1CCCN1. The third-order valence-electron chi connectivity index (χ3n) is 11.3. The minimum Gasteiger partial charge on any atom is -0.481 e. The summed E-state index contributed by atoms with van der Waals surface area (Å²) < 4.78 is 0. The molecule has 0 spiro atoms. The highest BCUT2D eigenvalue weighted by atomic mass is 16.4. The maximum Gasteiger partial charge on any atom is 0.323 e. The lowest BCUT2D eigenvalue weighted by molar-refractivity contribution is -0.141. The van der Waals surface area contributed by atoms with E-state index < -0.39 is 151 Å². The maximum atomic E-state index is 10.3. The van der Waals surface area contributed by atoms with E-state index >= 15 is 0 Å². The molecule has 0 unspecified atom stereocenters. The number of carbonyl (C=O) groups is 13. The number of nitrogens with zero attached hydrogens (tertiary/aromatic N) is 1. The molecule has 1 aromatic rings. The predicted octanol–water partition coefficient (Wildman–Crippen LogP) is -5.83. The van der Waals surface area contributed by atoms with E-state index in [-0.39, 0.29) is 50.0 Å². The molecular formula is C54H111N15O27. The number of hydrogen-bond donors (Lipinski definition) is 28. The first kappa shape index (κ1) is 106.